The number of fused-ring (bicyclic) bond motifs is 1. The first-order valence-electron chi connectivity index (χ1n) is 8.79. The van der Waals surface area contributed by atoms with E-state index in [2.05, 4.69) is 9.97 Å². The number of rotatable bonds is 4. The smallest absolute Gasteiger partial charge is 0.315 e. The molecule has 9 nitrogen and oxygen atoms in total. The number of aromatic nitrogens is 5. The van der Waals surface area contributed by atoms with Crippen molar-refractivity contribution in [1.29, 1.82) is 0 Å². The number of para-hydroxylation sites is 1. The molecule has 0 radical (unpaired) electrons. The Balaban J connectivity index is 1.80. The number of imidazole rings is 1. The third kappa shape index (κ3) is 3.17. The minimum atomic E-state index is -0.496. The number of thiazole rings is 1. The average Bonchev–Trinajstić information content (AvgIpc) is 3.32. The third-order valence-electron chi connectivity index (χ3n) is 4.58. The van der Waals surface area contributed by atoms with Gasteiger partial charge in [-0.2, -0.15) is 0 Å². The van der Waals surface area contributed by atoms with Crippen molar-refractivity contribution < 1.29 is 4.79 Å². The minimum absolute atomic E-state index is 0.128. The Morgan fingerprint density at radius 3 is 2.52 bits per heavy atom. The van der Waals surface area contributed by atoms with Crippen molar-refractivity contribution in [3.63, 3.8) is 0 Å². The fourth-order valence-electron chi connectivity index (χ4n) is 3.12. The van der Waals surface area contributed by atoms with Crippen LogP contribution in [0.3, 0.4) is 0 Å². The molecule has 4 rings (SSSR count). The molecule has 1 amide bonds. The Bertz CT molecular complexity index is 1330. The van der Waals surface area contributed by atoms with Gasteiger partial charge in [-0.25, -0.2) is 14.8 Å². The molecule has 10 heteroatoms. The van der Waals surface area contributed by atoms with Gasteiger partial charge in [-0.05, 0) is 19.1 Å². The summed E-state index contributed by atoms with van der Waals surface area (Å²) in [7, 11) is 2.94. The maximum Gasteiger partial charge on any atom is 0.332 e. The van der Waals surface area contributed by atoms with Gasteiger partial charge in [-0.15, -0.1) is 11.3 Å². The first-order valence-corrected chi connectivity index (χ1v) is 9.67. The van der Waals surface area contributed by atoms with Crippen LogP contribution in [0.4, 0.5) is 10.8 Å². The topological polar surface area (TPSA) is 95.0 Å². The molecule has 0 saturated carbocycles. The van der Waals surface area contributed by atoms with Crippen molar-refractivity contribution >= 4 is 39.2 Å². The quantitative estimate of drug-likeness (QED) is 0.509. The molecule has 0 spiro atoms. The number of anilines is 2. The summed E-state index contributed by atoms with van der Waals surface area (Å²) in [5.74, 6) is -0.277. The molecule has 1 aromatic carbocycles. The van der Waals surface area contributed by atoms with Crippen LogP contribution in [0.15, 0.2) is 51.6 Å². The number of carbonyl (C=O) groups is 1. The standard InChI is InChI=1S/C19H18N6O3S/c1-12-10-29-18(21-12)25(13-7-5-4-6-8-13)14(26)9-24-11-20-16-15(24)17(27)23(3)19(28)22(16)2/h4-8,10-11H,9H2,1-3H3. The van der Waals surface area contributed by atoms with Crippen LogP contribution in [0.25, 0.3) is 11.2 Å². The van der Waals surface area contributed by atoms with Crippen molar-refractivity contribution in [2.45, 2.75) is 13.5 Å². The van der Waals surface area contributed by atoms with Gasteiger partial charge in [-0.1, -0.05) is 18.2 Å². The first-order chi connectivity index (χ1) is 13.9. The predicted molar refractivity (Wildman–Crippen MR) is 111 cm³/mol. The van der Waals surface area contributed by atoms with Crippen molar-refractivity contribution in [2.75, 3.05) is 4.90 Å². The fraction of sp³-hybridized carbons (Fsp3) is 0.211. The molecular weight excluding hydrogens is 392 g/mol. The second-order valence-electron chi connectivity index (χ2n) is 6.59. The zero-order valence-corrected chi connectivity index (χ0v) is 16.9. The van der Waals surface area contributed by atoms with Crippen LogP contribution in [0.5, 0.6) is 0 Å². The van der Waals surface area contributed by atoms with Gasteiger partial charge < -0.3 is 4.57 Å². The highest BCUT2D eigenvalue weighted by Crippen LogP contribution is 2.29. The summed E-state index contributed by atoms with van der Waals surface area (Å²) in [6.07, 6.45) is 1.40. The molecule has 0 N–H and O–H groups in total. The molecule has 0 unspecified atom stereocenters. The number of carbonyl (C=O) groups excluding carboxylic acids is 1. The van der Waals surface area contributed by atoms with Crippen molar-refractivity contribution in [3.05, 3.63) is 68.6 Å². The highest BCUT2D eigenvalue weighted by Gasteiger charge is 2.23. The van der Waals surface area contributed by atoms with E-state index in [1.807, 2.05) is 42.6 Å². The van der Waals surface area contributed by atoms with E-state index in [-0.39, 0.29) is 23.6 Å². The number of nitrogens with zero attached hydrogens (tertiary/aromatic N) is 6. The summed E-state index contributed by atoms with van der Waals surface area (Å²) in [6, 6.07) is 9.20. The molecular formula is C19H18N6O3S. The van der Waals surface area contributed by atoms with Gasteiger partial charge in [0.05, 0.1) is 17.7 Å². The van der Waals surface area contributed by atoms with Crippen LogP contribution in [0.1, 0.15) is 5.69 Å². The lowest BCUT2D eigenvalue weighted by atomic mass is 10.3. The van der Waals surface area contributed by atoms with Crippen LogP contribution >= 0.6 is 11.3 Å². The van der Waals surface area contributed by atoms with Gasteiger partial charge in [0.2, 0.25) is 0 Å². The monoisotopic (exact) mass is 410 g/mol. The Hall–Kier alpha value is -3.53. The maximum atomic E-state index is 13.3. The van der Waals surface area contributed by atoms with Crippen molar-refractivity contribution in [3.8, 4) is 0 Å². The lowest BCUT2D eigenvalue weighted by Gasteiger charge is -2.20. The Morgan fingerprint density at radius 1 is 1.14 bits per heavy atom. The highest BCUT2D eigenvalue weighted by molar-refractivity contribution is 7.14. The summed E-state index contributed by atoms with van der Waals surface area (Å²) >= 11 is 1.36. The summed E-state index contributed by atoms with van der Waals surface area (Å²) in [6.45, 7) is 1.73. The van der Waals surface area contributed by atoms with E-state index in [1.165, 1.54) is 45.8 Å². The van der Waals surface area contributed by atoms with Gasteiger partial charge in [0.15, 0.2) is 16.3 Å². The molecule has 29 heavy (non-hydrogen) atoms. The summed E-state index contributed by atoms with van der Waals surface area (Å²) in [5, 5.41) is 2.42. The largest absolute Gasteiger partial charge is 0.332 e. The number of aryl methyl sites for hydroxylation is 2. The Kier molecular flexibility index (Phi) is 4.63. The summed E-state index contributed by atoms with van der Waals surface area (Å²) in [4.78, 5) is 48.2. The summed E-state index contributed by atoms with van der Waals surface area (Å²) in [5.41, 5.74) is 0.966. The van der Waals surface area contributed by atoms with Gasteiger partial charge in [0.25, 0.3) is 11.5 Å². The molecule has 0 aliphatic rings. The SMILES string of the molecule is Cc1csc(N(C(=O)Cn2cnc3c2c(=O)n(C)c(=O)n3C)c2ccccc2)n1. The number of hydrogen-bond acceptors (Lipinski definition) is 6. The second-order valence-corrected chi connectivity index (χ2v) is 7.42. The normalized spacial score (nSPS) is 11.1. The second kappa shape index (κ2) is 7.13. The zero-order chi connectivity index (χ0) is 20.7. The summed E-state index contributed by atoms with van der Waals surface area (Å²) < 4.78 is 3.76. The highest BCUT2D eigenvalue weighted by atomic mass is 32.1. The first kappa shape index (κ1) is 18.8. The number of amides is 1. The molecule has 0 fully saturated rings. The lowest BCUT2D eigenvalue weighted by Crippen LogP contribution is -2.38. The molecule has 0 atom stereocenters. The van der Waals surface area contributed by atoms with E-state index < -0.39 is 11.2 Å². The van der Waals surface area contributed by atoms with Crippen LogP contribution in [-0.2, 0) is 25.4 Å². The van der Waals surface area contributed by atoms with Crippen LogP contribution < -0.4 is 16.1 Å². The van der Waals surface area contributed by atoms with E-state index in [1.54, 1.807) is 0 Å². The molecule has 3 aromatic heterocycles. The zero-order valence-electron chi connectivity index (χ0n) is 16.1. The van der Waals surface area contributed by atoms with Gasteiger partial charge in [0, 0.05) is 19.5 Å². The van der Waals surface area contributed by atoms with E-state index in [4.69, 9.17) is 0 Å². The van der Waals surface area contributed by atoms with Crippen molar-refractivity contribution in [2.24, 2.45) is 14.1 Å². The van der Waals surface area contributed by atoms with E-state index >= 15 is 0 Å². The Morgan fingerprint density at radius 2 is 1.86 bits per heavy atom. The molecule has 148 valence electrons. The average molecular weight is 410 g/mol. The third-order valence-corrected chi connectivity index (χ3v) is 5.53. The van der Waals surface area contributed by atoms with E-state index in [9.17, 15) is 14.4 Å². The number of hydrogen-bond donors (Lipinski definition) is 0. The van der Waals surface area contributed by atoms with E-state index in [0.717, 1.165) is 10.3 Å². The van der Waals surface area contributed by atoms with Crippen LogP contribution in [0, 0.1) is 6.92 Å². The van der Waals surface area contributed by atoms with Crippen LogP contribution in [0.2, 0.25) is 0 Å². The van der Waals surface area contributed by atoms with Gasteiger partial charge in [-0.3, -0.25) is 23.6 Å². The molecule has 0 aliphatic heterocycles. The molecule has 0 bridgehead atoms. The molecule has 0 aliphatic carbocycles. The minimum Gasteiger partial charge on any atom is -0.315 e. The predicted octanol–water partition coefficient (Wildman–Crippen LogP) is 1.56. The van der Waals surface area contributed by atoms with Gasteiger partial charge >= 0.3 is 5.69 Å². The Labute approximate surface area is 169 Å². The molecule has 4 aromatic rings. The van der Waals surface area contributed by atoms with Gasteiger partial charge in [0.1, 0.15) is 6.54 Å². The van der Waals surface area contributed by atoms with E-state index in [0.29, 0.717) is 10.8 Å². The lowest BCUT2D eigenvalue weighted by molar-refractivity contribution is -0.118. The van der Waals surface area contributed by atoms with Crippen LogP contribution in [-0.4, -0.2) is 29.6 Å². The maximum absolute atomic E-state index is 13.3. The number of benzene rings is 1. The molecule has 0 saturated heterocycles. The van der Waals surface area contributed by atoms with Crippen molar-refractivity contribution in [1.82, 2.24) is 23.7 Å². The fourth-order valence-corrected chi connectivity index (χ4v) is 3.95. The molecule has 3 heterocycles.